The molecule has 0 radical (unpaired) electrons. The third kappa shape index (κ3) is 4.27. The van der Waals surface area contributed by atoms with Gasteiger partial charge in [0.15, 0.2) is 6.54 Å². The van der Waals surface area contributed by atoms with E-state index in [1.807, 2.05) is 36.5 Å². The van der Waals surface area contributed by atoms with Gasteiger partial charge in [-0.2, -0.15) is 5.26 Å². The van der Waals surface area contributed by atoms with Crippen LogP contribution in [0.15, 0.2) is 24.3 Å². The Morgan fingerprint density at radius 2 is 2.35 bits per heavy atom. The number of carbonyl (C=O) groups excluding carboxylic acids is 1. The number of benzene rings is 1. The van der Waals surface area contributed by atoms with Gasteiger partial charge in [-0.05, 0) is 49.8 Å². The van der Waals surface area contributed by atoms with Gasteiger partial charge in [-0.15, -0.1) is 11.3 Å². The van der Waals surface area contributed by atoms with Crippen LogP contribution in [-0.2, 0) is 17.6 Å². The Morgan fingerprint density at radius 3 is 3.08 bits per heavy atom. The van der Waals surface area contributed by atoms with E-state index in [0.717, 1.165) is 30.4 Å². The van der Waals surface area contributed by atoms with E-state index in [1.54, 1.807) is 11.3 Å². The van der Waals surface area contributed by atoms with Crippen LogP contribution >= 0.6 is 22.9 Å². The van der Waals surface area contributed by atoms with Crippen molar-refractivity contribution in [1.82, 2.24) is 0 Å². The van der Waals surface area contributed by atoms with Crippen molar-refractivity contribution in [2.24, 2.45) is 5.92 Å². The molecule has 0 saturated carbocycles. The average molecular weight is 389 g/mol. The summed E-state index contributed by atoms with van der Waals surface area (Å²) < 4.78 is 0. The first-order valence-corrected chi connectivity index (χ1v) is 10.1. The lowest BCUT2D eigenvalue weighted by atomic mass is 9.89. The molecule has 0 fully saturated rings. The molecule has 2 aromatic rings. The first-order chi connectivity index (χ1) is 12.5. The highest BCUT2D eigenvalue weighted by molar-refractivity contribution is 7.16. The Hall–Kier alpha value is -1.87. The minimum absolute atomic E-state index is 0.0815. The predicted molar refractivity (Wildman–Crippen MR) is 106 cm³/mol. The minimum Gasteiger partial charge on any atom is -0.333 e. The number of hydrogen-bond donors (Lipinski definition) is 2. The van der Waals surface area contributed by atoms with Crippen LogP contribution in [0.4, 0.5) is 5.00 Å². The Morgan fingerprint density at radius 1 is 1.54 bits per heavy atom. The number of nitrogens with two attached hydrogens (primary N) is 1. The van der Waals surface area contributed by atoms with Gasteiger partial charge in [0, 0.05) is 15.5 Å². The Kier molecular flexibility index (Phi) is 5.98. The Labute approximate surface area is 163 Å². The second-order valence-electron chi connectivity index (χ2n) is 7.00. The van der Waals surface area contributed by atoms with Crippen LogP contribution in [0.1, 0.15) is 47.9 Å². The zero-order valence-electron chi connectivity index (χ0n) is 15.0. The molecule has 6 heteroatoms. The molecule has 1 aliphatic carbocycles. The summed E-state index contributed by atoms with van der Waals surface area (Å²) in [5, 5.41) is 15.9. The number of nitriles is 1. The number of halogens is 1. The van der Waals surface area contributed by atoms with Crippen molar-refractivity contribution in [2.75, 3.05) is 11.9 Å². The molecule has 1 aromatic carbocycles. The number of nitrogens with one attached hydrogen (secondary N) is 1. The highest BCUT2D eigenvalue weighted by atomic mass is 35.5. The van der Waals surface area contributed by atoms with Crippen molar-refractivity contribution in [1.29, 1.82) is 5.26 Å². The standard InChI is InChI=1S/C20H22ClN3OS/c1-12-6-7-16-17(10-22)20(26-18(16)8-12)24-19(25)11-23-13(2)14-4-3-5-15(21)9-14/h3-5,9,12-13,23H,6-8,11H2,1-2H3,(H,24,25)/p+1/t12-,13-/m1/s1. The SMILES string of the molecule is C[C@@H]1CCc2c(sc(NC(=O)C[NH2+][C@H](C)c3cccc(Cl)c3)c2C#N)C1. The van der Waals surface area contributed by atoms with Gasteiger partial charge in [0.1, 0.15) is 17.1 Å². The van der Waals surface area contributed by atoms with Gasteiger partial charge in [0.2, 0.25) is 0 Å². The summed E-state index contributed by atoms with van der Waals surface area (Å²) in [6.07, 6.45) is 3.04. The second-order valence-corrected chi connectivity index (χ2v) is 8.54. The maximum Gasteiger partial charge on any atom is 0.280 e. The lowest BCUT2D eigenvalue weighted by molar-refractivity contribution is -0.682. The monoisotopic (exact) mass is 388 g/mol. The van der Waals surface area contributed by atoms with Crippen molar-refractivity contribution in [3.8, 4) is 6.07 Å². The summed E-state index contributed by atoms with van der Waals surface area (Å²) in [4.78, 5) is 13.6. The molecule has 1 aliphatic rings. The summed E-state index contributed by atoms with van der Waals surface area (Å²) >= 11 is 7.60. The van der Waals surface area contributed by atoms with Crippen LogP contribution in [0.2, 0.25) is 5.02 Å². The maximum absolute atomic E-state index is 12.4. The lowest BCUT2D eigenvalue weighted by Gasteiger charge is -2.17. The molecule has 1 heterocycles. The van der Waals surface area contributed by atoms with Gasteiger partial charge in [0.25, 0.3) is 5.91 Å². The van der Waals surface area contributed by atoms with E-state index < -0.39 is 0 Å². The molecule has 26 heavy (non-hydrogen) atoms. The Balaban J connectivity index is 1.63. The average Bonchev–Trinajstić information content (AvgIpc) is 2.95. The fourth-order valence-electron chi connectivity index (χ4n) is 3.34. The van der Waals surface area contributed by atoms with E-state index >= 15 is 0 Å². The summed E-state index contributed by atoms with van der Waals surface area (Å²) in [5.74, 6) is 0.560. The van der Waals surface area contributed by atoms with Crippen LogP contribution in [0.5, 0.6) is 0 Å². The highest BCUT2D eigenvalue weighted by Crippen LogP contribution is 2.39. The Bertz CT molecular complexity index is 855. The largest absolute Gasteiger partial charge is 0.333 e. The molecule has 3 rings (SSSR count). The van der Waals surface area contributed by atoms with Crippen LogP contribution in [0.3, 0.4) is 0 Å². The van der Waals surface area contributed by atoms with E-state index in [2.05, 4.69) is 18.3 Å². The molecule has 3 N–H and O–H groups in total. The van der Waals surface area contributed by atoms with E-state index in [9.17, 15) is 10.1 Å². The molecule has 0 bridgehead atoms. The van der Waals surface area contributed by atoms with Crippen LogP contribution in [0.25, 0.3) is 0 Å². The van der Waals surface area contributed by atoms with Crippen LogP contribution in [-0.4, -0.2) is 12.5 Å². The summed E-state index contributed by atoms with van der Waals surface area (Å²) in [7, 11) is 0. The molecule has 1 aromatic heterocycles. The molecule has 136 valence electrons. The summed E-state index contributed by atoms with van der Waals surface area (Å²) in [6, 6.07) is 10.1. The number of amides is 1. The fourth-order valence-corrected chi connectivity index (χ4v) is 4.92. The third-order valence-electron chi connectivity index (χ3n) is 4.91. The van der Waals surface area contributed by atoms with Crippen LogP contribution in [0, 0.1) is 17.2 Å². The second kappa shape index (κ2) is 8.22. The quantitative estimate of drug-likeness (QED) is 0.820. The number of carbonyl (C=O) groups is 1. The number of anilines is 1. The van der Waals surface area contributed by atoms with Gasteiger partial charge < -0.3 is 10.6 Å². The van der Waals surface area contributed by atoms with E-state index in [1.165, 1.54) is 4.88 Å². The number of quaternary nitrogens is 1. The maximum atomic E-state index is 12.4. The van der Waals surface area contributed by atoms with Gasteiger partial charge in [-0.3, -0.25) is 4.79 Å². The van der Waals surface area contributed by atoms with Crippen molar-refractivity contribution in [2.45, 2.75) is 39.2 Å². The first-order valence-electron chi connectivity index (χ1n) is 8.91. The van der Waals surface area contributed by atoms with Crippen LogP contribution < -0.4 is 10.6 Å². The van der Waals surface area contributed by atoms with E-state index in [0.29, 0.717) is 28.0 Å². The smallest absolute Gasteiger partial charge is 0.280 e. The molecule has 1 amide bonds. The van der Waals surface area contributed by atoms with Gasteiger partial charge >= 0.3 is 0 Å². The number of nitrogens with zero attached hydrogens (tertiary/aromatic N) is 1. The number of fused-ring (bicyclic) bond motifs is 1. The lowest BCUT2D eigenvalue weighted by Crippen LogP contribution is -2.86. The van der Waals surface area contributed by atoms with Gasteiger partial charge in [0.05, 0.1) is 5.56 Å². The zero-order valence-corrected chi connectivity index (χ0v) is 16.6. The van der Waals surface area contributed by atoms with Crippen molar-refractivity contribution in [3.63, 3.8) is 0 Å². The molecule has 4 nitrogen and oxygen atoms in total. The fraction of sp³-hybridized carbons (Fsp3) is 0.400. The molecule has 0 spiro atoms. The first kappa shape index (κ1) is 18.9. The highest BCUT2D eigenvalue weighted by Gasteiger charge is 2.25. The van der Waals surface area contributed by atoms with Gasteiger partial charge in [-0.25, -0.2) is 0 Å². The van der Waals surface area contributed by atoms with E-state index in [4.69, 9.17) is 11.6 Å². The molecular weight excluding hydrogens is 366 g/mol. The molecule has 0 aliphatic heterocycles. The van der Waals surface area contributed by atoms with Gasteiger partial charge in [-0.1, -0.05) is 30.7 Å². The molecule has 2 atom stereocenters. The molecule has 0 unspecified atom stereocenters. The van der Waals surface area contributed by atoms with Crippen molar-refractivity contribution in [3.05, 3.63) is 50.9 Å². The van der Waals surface area contributed by atoms with Crippen molar-refractivity contribution < 1.29 is 10.1 Å². The number of rotatable bonds is 5. The predicted octanol–water partition coefficient (Wildman–Crippen LogP) is 3.66. The van der Waals surface area contributed by atoms with E-state index in [-0.39, 0.29) is 11.9 Å². The molecular formula is C20H23ClN3OS+. The summed E-state index contributed by atoms with van der Waals surface area (Å²) in [6.45, 7) is 4.58. The molecule has 0 saturated heterocycles. The normalized spacial score (nSPS) is 17.2. The number of hydrogen-bond acceptors (Lipinski definition) is 3. The van der Waals surface area contributed by atoms with Crippen molar-refractivity contribution >= 4 is 33.8 Å². The summed E-state index contributed by atoms with van der Waals surface area (Å²) in [5.41, 5.74) is 2.89. The number of thiophene rings is 1. The minimum atomic E-state index is -0.0815. The zero-order chi connectivity index (χ0) is 18.7. The topological polar surface area (TPSA) is 69.5 Å². The third-order valence-corrected chi connectivity index (χ3v) is 6.31.